The van der Waals surface area contributed by atoms with Crippen LogP contribution in [0.2, 0.25) is 0 Å². The second-order valence-corrected chi connectivity index (χ2v) is 14.5. The standard InChI is InChI=1S/C53H36N4/c1-3-11-37(12-4-1)39-19-28-44(29-20-39)55(45-30-21-40(22-31-45)38-13-5-2-6-14-38)46-32-23-41(24-33-46)42-25-34-47(35-26-42)56-52-48-16-8-7-15-43(48)27-36-51(52)57-50-18-10-9-17-49(50)54-53(56)57/h1-36H. The van der Waals surface area contributed by atoms with E-state index in [-0.39, 0.29) is 0 Å². The molecule has 0 fully saturated rings. The van der Waals surface area contributed by atoms with Gasteiger partial charge in [-0.15, -0.1) is 0 Å². The summed E-state index contributed by atoms with van der Waals surface area (Å²) in [6.07, 6.45) is 0. The van der Waals surface area contributed by atoms with Gasteiger partial charge in [0.25, 0.3) is 0 Å². The van der Waals surface area contributed by atoms with Gasteiger partial charge >= 0.3 is 0 Å². The first kappa shape index (κ1) is 32.7. The third kappa shape index (κ3) is 5.66. The zero-order valence-corrected chi connectivity index (χ0v) is 31.1. The van der Waals surface area contributed by atoms with Gasteiger partial charge in [0.15, 0.2) is 0 Å². The van der Waals surface area contributed by atoms with Crippen molar-refractivity contribution in [1.82, 2.24) is 14.0 Å². The number of para-hydroxylation sites is 2. The molecule has 9 aromatic carbocycles. The fourth-order valence-corrected chi connectivity index (χ4v) is 8.32. The Kier molecular flexibility index (Phi) is 7.78. The summed E-state index contributed by atoms with van der Waals surface area (Å²) in [6, 6.07) is 78.0. The molecule has 268 valence electrons. The molecule has 0 aliphatic carbocycles. The van der Waals surface area contributed by atoms with Crippen LogP contribution in [0.1, 0.15) is 0 Å². The fraction of sp³-hybridized carbons (Fsp3) is 0. The van der Waals surface area contributed by atoms with E-state index in [0.29, 0.717) is 0 Å². The highest BCUT2D eigenvalue weighted by Gasteiger charge is 2.19. The van der Waals surface area contributed by atoms with Crippen molar-refractivity contribution in [2.75, 3.05) is 4.90 Å². The molecule has 0 bridgehead atoms. The summed E-state index contributed by atoms with van der Waals surface area (Å²) in [5.41, 5.74) is 15.9. The van der Waals surface area contributed by atoms with Crippen LogP contribution in [0.15, 0.2) is 218 Å². The van der Waals surface area contributed by atoms with Gasteiger partial charge in [0, 0.05) is 28.1 Å². The molecule has 2 aromatic heterocycles. The average molecular weight is 729 g/mol. The Bertz CT molecular complexity index is 3090. The molecular formula is C53H36N4. The monoisotopic (exact) mass is 728 g/mol. The first-order valence-corrected chi connectivity index (χ1v) is 19.4. The zero-order valence-electron chi connectivity index (χ0n) is 31.1. The van der Waals surface area contributed by atoms with Crippen LogP contribution in [0.4, 0.5) is 17.1 Å². The van der Waals surface area contributed by atoms with Crippen LogP contribution in [0, 0.1) is 0 Å². The number of hydrogen-bond acceptors (Lipinski definition) is 2. The van der Waals surface area contributed by atoms with E-state index in [1.807, 2.05) is 0 Å². The molecule has 0 saturated carbocycles. The maximum absolute atomic E-state index is 5.15. The van der Waals surface area contributed by atoms with Gasteiger partial charge in [0.05, 0.1) is 22.1 Å². The molecule has 4 heteroatoms. The molecule has 0 atom stereocenters. The topological polar surface area (TPSA) is 25.5 Å². The smallest absolute Gasteiger partial charge is 0.220 e. The number of benzene rings is 9. The van der Waals surface area contributed by atoms with Crippen molar-refractivity contribution >= 4 is 55.7 Å². The van der Waals surface area contributed by atoms with Crippen molar-refractivity contribution in [3.05, 3.63) is 218 Å². The van der Waals surface area contributed by atoms with Crippen molar-refractivity contribution in [3.8, 4) is 39.1 Å². The molecule has 0 aliphatic rings. The molecule has 11 rings (SSSR count). The quantitative estimate of drug-likeness (QED) is 0.163. The molecule has 2 heterocycles. The maximum atomic E-state index is 5.15. The number of anilines is 3. The molecule has 0 aliphatic heterocycles. The van der Waals surface area contributed by atoms with Crippen LogP contribution < -0.4 is 4.90 Å². The summed E-state index contributed by atoms with van der Waals surface area (Å²) in [4.78, 5) is 7.48. The van der Waals surface area contributed by atoms with Crippen LogP contribution >= 0.6 is 0 Å². The van der Waals surface area contributed by atoms with Crippen molar-refractivity contribution in [3.63, 3.8) is 0 Å². The van der Waals surface area contributed by atoms with Gasteiger partial charge in [-0.2, -0.15) is 0 Å². The van der Waals surface area contributed by atoms with Gasteiger partial charge in [-0.3, -0.25) is 8.97 Å². The first-order chi connectivity index (χ1) is 28.3. The molecule has 0 radical (unpaired) electrons. The maximum Gasteiger partial charge on any atom is 0.220 e. The van der Waals surface area contributed by atoms with Crippen LogP contribution in [-0.4, -0.2) is 14.0 Å². The SMILES string of the molecule is c1ccc(-c2ccc(N(c3ccc(-c4ccccc4)cc3)c3ccc(-c4ccc(-n5c6c7ccccc7ccc6n6c7ccccc7nc56)cc4)cc3)cc2)cc1. The van der Waals surface area contributed by atoms with E-state index in [4.69, 9.17) is 4.98 Å². The van der Waals surface area contributed by atoms with E-state index >= 15 is 0 Å². The Labute approximate surface area is 330 Å². The Balaban J connectivity index is 0.965. The summed E-state index contributed by atoms with van der Waals surface area (Å²) in [7, 11) is 0. The van der Waals surface area contributed by atoms with Crippen molar-refractivity contribution in [2.24, 2.45) is 0 Å². The van der Waals surface area contributed by atoms with E-state index in [2.05, 4.69) is 232 Å². The lowest BCUT2D eigenvalue weighted by Gasteiger charge is -2.26. The largest absolute Gasteiger partial charge is 0.311 e. The van der Waals surface area contributed by atoms with Crippen molar-refractivity contribution in [2.45, 2.75) is 0 Å². The van der Waals surface area contributed by atoms with E-state index in [1.165, 1.54) is 33.0 Å². The average Bonchev–Trinajstić information content (AvgIpc) is 3.83. The summed E-state index contributed by atoms with van der Waals surface area (Å²) >= 11 is 0. The van der Waals surface area contributed by atoms with Gasteiger partial charge < -0.3 is 4.90 Å². The fourth-order valence-electron chi connectivity index (χ4n) is 8.32. The highest BCUT2D eigenvalue weighted by Crippen LogP contribution is 2.39. The van der Waals surface area contributed by atoms with E-state index in [0.717, 1.165) is 61.7 Å². The second-order valence-electron chi connectivity index (χ2n) is 14.5. The number of aromatic nitrogens is 3. The van der Waals surface area contributed by atoms with Gasteiger partial charge in [0.2, 0.25) is 5.78 Å². The highest BCUT2D eigenvalue weighted by atomic mass is 15.2. The predicted octanol–water partition coefficient (Wildman–Crippen LogP) is 14.1. The lowest BCUT2D eigenvalue weighted by Crippen LogP contribution is -2.09. The minimum Gasteiger partial charge on any atom is -0.311 e. The summed E-state index contributed by atoms with van der Waals surface area (Å²) in [5, 5.41) is 2.42. The van der Waals surface area contributed by atoms with E-state index in [9.17, 15) is 0 Å². The third-order valence-electron chi connectivity index (χ3n) is 11.1. The van der Waals surface area contributed by atoms with E-state index in [1.54, 1.807) is 0 Å². The second kappa shape index (κ2) is 13.6. The highest BCUT2D eigenvalue weighted by molar-refractivity contribution is 6.08. The molecule has 4 nitrogen and oxygen atoms in total. The van der Waals surface area contributed by atoms with Crippen molar-refractivity contribution < 1.29 is 0 Å². The summed E-state index contributed by atoms with van der Waals surface area (Å²) < 4.78 is 4.61. The Morgan fingerprint density at radius 1 is 0.351 bits per heavy atom. The molecule has 0 unspecified atom stereocenters. The van der Waals surface area contributed by atoms with Gasteiger partial charge in [-0.25, -0.2) is 4.98 Å². The van der Waals surface area contributed by atoms with Crippen LogP contribution in [0.5, 0.6) is 0 Å². The molecular weight excluding hydrogens is 693 g/mol. The molecule has 0 spiro atoms. The summed E-state index contributed by atoms with van der Waals surface area (Å²) in [6.45, 7) is 0. The van der Waals surface area contributed by atoms with Gasteiger partial charge in [0.1, 0.15) is 0 Å². The lowest BCUT2D eigenvalue weighted by molar-refractivity contribution is 1.11. The molecule has 0 amide bonds. The van der Waals surface area contributed by atoms with E-state index < -0.39 is 0 Å². The van der Waals surface area contributed by atoms with Crippen LogP contribution in [0.25, 0.3) is 77.7 Å². The number of imidazole rings is 2. The molecule has 11 aromatic rings. The number of nitrogens with zero attached hydrogens (tertiary/aromatic N) is 4. The molecule has 0 N–H and O–H groups in total. The predicted molar refractivity (Wildman–Crippen MR) is 238 cm³/mol. The Morgan fingerprint density at radius 3 is 1.37 bits per heavy atom. The number of hydrogen-bond donors (Lipinski definition) is 0. The van der Waals surface area contributed by atoms with Crippen LogP contribution in [-0.2, 0) is 0 Å². The Hall–Kier alpha value is -7.69. The normalized spacial score (nSPS) is 11.5. The third-order valence-corrected chi connectivity index (χ3v) is 11.1. The zero-order chi connectivity index (χ0) is 37.7. The molecule has 57 heavy (non-hydrogen) atoms. The Morgan fingerprint density at radius 2 is 0.807 bits per heavy atom. The number of fused-ring (bicyclic) bond motifs is 7. The lowest BCUT2D eigenvalue weighted by atomic mass is 10.0. The van der Waals surface area contributed by atoms with Crippen molar-refractivity contribution in [1.29, 1.82) is 0 Å². The first-order valence-electron chi connectivity index (χ1n) is 19.4. The number of rotatable bonds is 7. The minimum absolute atomic E-state index is 0.911. The minimum atomic E-state index is 0.911. The summed E-state index contributed by atoms with van der Waals surface area (Å²) in [5.74, 6) is 0.911. The van der Waals surface area contributed by atoms with Gasteiger partial charge in [-0.05, 0) is 105 Å². The molecule has 0 saturated heterocycles. The van der Waals surface area contributed by atoms with Gasteiger partial charge in [-0.1, -0.05) is 152 Å². The van der Waals surface area contributed by atoms with Crippen LogP contribution in [0.3, 0.4) is 0 Å².